The minimum absolute atomic E-state index is 0.302. The molecule has 2 aromatic rings. The summed E-state index contributed by atoms with van der Waals surface area (Å²) in [5.74, 6) is 1.90. The van der Waals surface area contributed by atoms with Crippen molar-refractivity contribution < 1.29 is 14.2 Å². The van der Waals surface area contributed by atoms with Crippen molar-refractivity contribution in [1.29, 1.82) is 0 Å². The van der Waals surface area contributed by atoms with E-state index in [1.54, 1.807) is 64.2 Å². The fourth-order valence-electron chi connectivity index (χ4n) is 1.91. The van der Waals surface area contributed by atoms with Crippen molar-refractivity contribution in [3.05, 3.63) is 47.8 Å². The smallest absolute Gasteiger partial charge is 0.203 e. The molecule has 1 aromatic heterocycles. The summed E-state index contributed by atoms with van der Waals surface area (Å²) >= 11 is 0. The zero-order chi connectivity index (χ0) is 16.7. The van der Waals surface area contributed by atoms with Crippen LogP contribution in [0.25, 0.3) is 0 Å². The molecule has 0 spiro atoms. The zero-order valence-electron chi connectivity index (χ0n) is 13.2. The summed E-state index contributed by atoms with van der Waals surface area (Å²) in [6.45, 7) is 0. The molecule has 0 aliphatic rings. The van der Waals surface area contributed by atoms with E-state index in [0.29, 0.717) is 23.1 Å². The third kappa shape index (κ3) is 3.97. The maximum Gasteiger partial charge on any atom is 0.203 e. The van der Waals surface area contributed by atoms with Gasteiger partial charge in [0.2, 0.25) is 5.75 Å². The first kappa shape index (κ1) is 16.3. The van der Waals surface area contributed by atoms with Gasteiger partial charge < -0.3 is 19.9 Å². The van der Waals surface area contributed by atoms with Crippen LogP contribution in [0.1, 0.15) is 11.1 Å². The molecular weight excluding hydrogens is 296 g/mol. The van der Waals surface area contributed by atoms with Crippen LogP contribution in [0, 0.1) is 0 Å². The number of ether oxygens (including phenoxy) is 3. The second-order valence-corrected chi connectivity index (χ2v) is 4.42. The summed E-state index contributed by atoms with van der Waals surface area (Å²) in [6, 6.07) is 7.05. The quantitative estimate of drug-likeness (QED) is 0.499. The molecule has 1 heterocycles. The first-order valence-electron chi connectivity index (χ1n) is 6.76. The first-order valence-corrected chi connectivity index (χ1v) is 6.76. The Morgan fingerprint density at radius 2 is 1.65 bits per heavy atom. The van der Waals surface area contributed by atoms with Gasteiger partial charge in [-0.25, -0.2) is 0 Å². The van der Waals surface area contributed by atoms with E-state index in [-0.39, 0.29) is 0 Å². The second kappa shape index (κ2) is 7.79. The lowest BCUT2D eigenvalue weighted by molar-refractivity contribution is 0.324. The van der Waals surface area contributed by atoms with Crippen molar-refractivity contribution in [2.75, 3.05) is 21.3 Å². The minimum atomic E-state index is 0.302. The highest BCUT2D eigenvalue weighted by Crippen LogP contribution is 2.37. The van der Waals surface area contributed by atoms with E-state index in [4.69, 9.17) is 19.9 Å². The number of aromatic nitrogens is 1. The number of hydrogen-bond acceptors (Lipinski definition) is 6. The van der Waals surface area contributed by atoms with Crippen molar-refractivity contribution >= 4 is 12.1 Å². The highest BCUT2D eigenvalue weighted by Gasteiger charge is 2.12. The number of amidine groups is 1. The molecular formula is C16H18N4O3. The van der Waals surface area contributed by atoms with E-state index in [2.05, 4.69) is 15.2 Å². The van der Waals surface area contributed by atoms with Gasteiger partial charge in [0.05, 0.1) is 27.5 Å². The average Bonchev–Trinajstić information content (AvgIpc) is 2.61. The van der Waals surface area contributed by atoms with Crippen LogP contribution in [0.5, 0.6) is 17.2 Å². The maximum absolute atomic E-state index is 5.86. The van der Waals surface area contributed by atoms with Crippen molar-refractivity contribution in [2.24, 2.45) is 15.9 Å². The molecule has 0 fully saturated rings. The predicted molar refractivity (Wildman–Crippen MR) is 88.7 cm³/mol. The van der Waals surface area contributed by atoms with E-state index in [0.717, 1.165) is 11.1 Å². The Hall–Kier alpha value is -3.09. The van der Waals surface area contributed by atoms with Gasteiger partial charge in [-0.15, -0.1) is 5.10 Å². The van der Waals surface area contributed by atoms with Crippen LogP contribution in [-0.4, -0.2) is 38.4 Å². The first-order chi connectivity index (χ1) is 11.2. The Balaban J connectivity index is 2.26. The number of pyridine rings is 1. The number of rotatable bonds is 6. The third-order valence-electron chi connectivity index (χ3n) is 3.04. The Kier molecular flexibility index (Phi) is 5.51. The topological polar surface area (TPSA) is 91.3 Å². The molecule has 0 aliphatic heterocycles. The Bertz CT molecular complexity index is 690. The van der Waals surface area contributed by atoms with Gasteiger partial charge in [0.25, 0.3) is 0 Å². The Labute approximate surface area is 134 Å². The number of nitrogens with two attached hydrogens (primary N) is 1. The Morgan fingerprint density at radius 1 is 1.04 bits per heavy atom. The normalized spacial score (nSPS) is 11.5. The molecule has 23 heavy (non-hydrogen) atoms. The number of benzene rings is 1. The zero-order valence-corrected chi connectivity index (χ0v) is 13.2. The van der Waals surface area contributed by atoms with Crippen LogP contribution in [-0.2, 0) is 0 Å². The molecule has 0 saturated carbocycles. The van der Waals surface area contributed by atoms with E-state index < -0.39 is 0 Å². The molecule has 0 radical (unpaired) electrons. The van der Waals surface area contributed by atoms with Gasteiger partial charge >= 0.3 is 0 Å². The van der Waals surface area contributed by atoms with Crippen LogP contribution >= 0.6 is 0 Å². The third-order valence-corrected chi connectivity index (χ3v) is 3.04. The van der Waals surface area contributed by atoms with Crippen molar-refractivity contribution in [3.8, 4) is 17.2 Å². The van der Waals surface area contributed by atoms with Gasteiger partial charge in [0.1, 0.15) is 0 Å². The van der Waals surface area contributed by atoms with Gasteiger partial charge in [-0.05, 0) is 24.3 Å². The van der Waals surface area contributed by atoms with Gasteiger partial charge in [0, 0.05) is 23.5 Å². The minimum Gasteiger partial charge on any atom is -0.493 e. The summed E-state index contributed by atoms with van der Waals surface area (Å²) in [4.78, 5) is 3.92. The highest BCUT2D eigenvalue weighted by atomic mass is 16.5. The summed E-state index contributed by atoms with van der Waals surface area (Å²) in [5.41, 5.74) is 7.35. The molecule has 0 aliphatic carbocycles. The van der Waals surface area contributed by atoms with Gasteiger partial charge in [0.15, 0.2) is 17.3 Å². The van der Waals surface area contributed by atoms with Crippen LogP contribution in [0.2, 0.25) is 0 Å². The largest absolute Gasteiger partial charge is 0.493 e. The molecule has 0 amide bonds. The Morgan fingerprint density at radius 3 is 2.17 bits per heavy atom. The summed E-state index contributed by atoms with van der Waals surface area (Å²) in [7, 11) is 4.66. The molecule has 7 heteroatoms. The molecule has 0 atom stereocenters. The van der Waals surface area contributed by atoms with E-state index >= 15 is 0 Å². The van der Waals surface area contributed by atoms with Crippen LogP contribution in [0.15, 0.2) is 46.9 Å². The number of nitrogens with zero attached hydrogens (tertiary/aromatic N) is 3. The highest BCUT2D eigenvalue weighted by molar-refractivity contribution is 5.97. The lowest BCUT2D eigenvalue weighted by atomic mass is 10.2. The van der Waals surface area contributed by atoms with Crippen molar-refractivity contribution in [3.63, 3.8) is 0 Å². The molecule has 0 bridgehead atoms. The average molecular weight is 314 g/mol. The second-order valence-electron chi connectivity index (χ2n) is 4.42. The summed E-state index contributed by atoms with van der Waals surface area (Å²) in [6.07, 6.45) is 4.83. The van der Waals surface area contributed by atoms with Gasteiger partial charge in [-0.3, -0.25) is 4.98 Å². The van der Waals surface area contributed by atoms with Crippen molar-refractivity contribution in [2.45, 2.75) is 0 Å². The monoisotopic (exact) mass is 314 g/mol. The molecule has 0 saturated heterocycles. The molecule has 2 N–H and O–H groups in total. The van der Waals surface area contributed by atoms with Gasteiger partial charge in [-0.2, -0.15) is 5.10 Å². The standard InChI is InChI=1S/C16H18N4O3/c1-21-13-8-11(9-14(22-2)15(13)23-3)10-19-20-16(17)12-4-6-18-7-5-12/h4-10H,1-3H3,(H2,17,20)/b19-10+. The SMILES string of the molecule is COc1cc(/C=N/N=C(\N)c2ccncc2)cc(OC)c1OC. The lowest BCUT2D eigenvalue weighted by Crippen LogP contribution is -2.12. The summed E-state index contributed by atoms with van der Waals surface area (Å²) in [5, 5.41) is 7.96. The number of hydrogen-bond donors (Lipinski definition) is 1. The molecule has 0 unspecified atom stereocenters. The van der Waals surface area contributed by atoms with Gasteiger partial charge in [-0.1, -0.05) is 0 Å². The molecule has 120 valence electrons. The van der Waals surface area contributed by atoms with Crippen LogP contribution in [0.3, 0.4) is 0 Å². The molecule has 1 aromatic carbocycles. The number of methoxy groups -OCH3 is 3. The fraction of sp³-hybridized carbons (Fsp3) is 0.188. The molecule has 7 nitrogen and oxygen atoms in total. The molecule has 2 rings (SSSR count). The fourth-order valence-corrected chi connectivity index (χ4v) is 1.91. The van der Waals surface area contributed by atoms with Crippen LogP contribution < -0.4 is 19.9 Å². The van der Waals surface area contributed by atoms with E-state index in [1.165, 1.54) is 0 Å². The van der Waals surface area contributed by atoms with E-state index in [1.807, 2.05) is 0 Å². The van der Waals surface area contributed by atoms with E-state index in [9.17, 15) is 0 Å². The van der Waals surface area contributed by atoms with Crippen molar-refractivity contribution in [1.82, 2.24) is 4.98 Å². The maximum atomic E-state index is 5.86. The predicted octanol–water partition coefficient (Wildman–Crippen LogP) is 1.85. The summed E-state index contributed by atoms with van der Waals surface area (Å²) < 4.78 is 15.8. The lowest BCUT2D eigenvalue weighted by Gasteiger charge is -2.12. The van der Waals surface area contributed by atoms with Crippen LogP contribution in [0.4, 0.5) is 0 Å².